The lowest BCUT2D eigenvalue weighted by Gasteiger charge is -2.46. The van der Waals surface area contributed by atoms with Crippen molar-refractivity contribution in [3.63, 3.8) is 0 Å². The van der Waals surface area contributed by atoms with Gasteiger partial charge in [0, 0.05) is 7.11 Å². The molecule has 1 aliphatic rings. The molecule has 1 aromatic carbocycles. The Kier molecular flexibility index (Phi) is 3.84. The van der Waals surface area contributed by atoms with Crippen LogP contribution in [0, 0.1) is 0 Å². The topological polar surface area (TPSA) is 59.0 Å². The number of hydrogen-bond acceptors (Lipinski definition) is 4. The molecule has 1 aliphatic heterocycles. The zero-order valence-electron chi connectivity index (χ0n) is 10.3. The highest BCUT2D eigenvalue weighted by molar-refractivity contribution is 5.69. The smallest absolute Gasteiger partial charge is 0.410 e. The Labute approximate surface area is 106 Å². The number of methoxy groups -OCH3 is 1. The van der Waals surface area contributed by atoms with Crippen LogP contribution in [0.3, 0.4) is 0 Å². The van der Waals surface area contributed by atoms with Crippen molar-refractivity contribution in [1.82, 2.24) is 4.90 Å². The van der Waals surface area contributed by atoms with Gasteiger partial charge in [-0.05, 0) is 5.56 Å². The van der Waals surface area contributed by atoms with Gasteiger partial charge in [0.25, 0.3) is 0 Å². The van der Waals surface area contributed by atoms with Gasteiger partial charge in [-0.2, -0.15) is 0 Å². The normalized spacial score (nSPS) is 17.1. The van der Waals surface area contributed by atoms with E-state index in [2.05, 4.69) is 0 Å². The zero-order chi connectivity index (χ0) is 13.0. The second-order valence-corrected chi connectivity index (χ2v) is 4.44. The van der Waals surface area contributed by atoms with E-state index in [1.54, 1.807) is 0 Å². The second kappa shape index (κ2) is 5.37. The van der Waals surface area contributed by atoms with E-state index in [-0.39, 0.29) is 19.3 Å². The number of amides is 1. The van der Waals surface area contributed by atoms with Crippen LogP contribution in [0.2, 0.25) is 0 Å². The summed E-state index contributed by atoms with van der Waals surface area (Å²) in [5.74, 6) is 0. The molecule has 0 atom stereocenters. The van der Waals surface area contributed by atoms with E-state index in [0.717, 1.165) is 5.56 Å². The van der Waals surface area contributed by atoms with E-state index in [1.807, 2.05) is 30.3 Å². The maximum atomic E-state index is 11.7. The van der Waals surface area contributed by atoms with Crippen LogP contribution >= 0.6 is 0 Å². The van der Waals surface area contributed by atoms with Crippen LogP contribution in [0.5, 0.6) is 0 Å². The molecule has 5 heteroatoms. The minimum Gasteiger partial charge on any atom is -0.445 e. The maximum Gasteiger partial charge on any atom is 0.410 e. The van der Waals surface area contributed by atoms with Crippen LogP contribution in [0.15, 0.2) is 30.3 Å². The summed E-state index contributed by atoms with van der Waals surface area (Å²) in [6.07, 6.45) is -0.375. The number of aliphatic hydroxyl groups excluding tert-OH is 1. The highest BCUT2D eigenvalue weighted by atomic mass is 16.6. The van der Waals surface area contributed by atoms with E-state index < -0.39 is 5.60 Å². The highest BCUT2D eigenvalue weighted by Gasteiger charge is 2.45. The molecule has 0 unspecified atom stereocenters. The number of hydrogen-bond donors (Lipinski definition) is 1. The SMILES string of the molecule is COC1(CO)CN(C(=O)OCc2ccccc2)C1. The van der Waals surface area contributed by atoms with E-state index in [9.17, 15) is 4.79 Å². The first-order valence-corrected chi connectivity index (χ1v) is 5.81. The Balaban J connectivity index is 1.78. The van der Waals surface area contributed by atoms with Crippen molar-refractivity contribution in [2.24, 2.45) is 0 Å². The first-order chi connectivity index (χ1) is 8.69. The number of aliphatic hydroxyl groups is 1. The van der Waals surface area contributed by atoms with Crippen LogP contribution in [0.4, 0.5) is 4.79 Å². The predicted molar refractivity (Wildman–Crippen MR) is 65.0 cm³/mol. The molecule has 18 heavy (non-hydrogen) atoms. The summed E-state index contributed by atoms with van der Waals surface area (Å²) in [5, 5.41) is 9.14. The first kappa shape index (κ1) is 12.9. The van der Waals surface area contributed by atoms with Gasteiger partial charge in [-0.15, -0.1) is 0 Å². The summed E-state index contributed by atoms with van der Waals surface area (Å²) < 4.78 is 10.3. The average Bonchev–Trinajstić information content (AvgIpc) is 2.37. The summed E-state index contributed by atoms with van der Waals surface area (Å²) in [6.45, 7) is 0.905. The molecule has 1 amide bonds. The maximum absolute atomic E-state index is 11.7. The standard InChI is InChI=1S/C13H17NO4/c1-17-13(10-15)8-14(9-13)12(16)18-7-11-5-3-2-4-6-11/h2-6,15H,7-10H2,1H3. The van der Waals surface area contributed by atoms with Crippen LogP contribution in [-0.4, -0.2) is 48.5 Å². The lowest BCUT2D eigenvalue weighted by Crippen LogP contribution is -2.66. The summed E-state index contributed by atoms with van der Waals surface area (Å²) in [5.41, 5.74) is 0.345. The van der Waals surface area contributed by atoms with Gasteiger partial charge in [0.15, 0.2) is 0 Å². The third-order valence-electron chi connectivity index (χ3n) is 3.14. The molecule has 0 saturated carbocycles. The molecule has 0 aliphatic carbocycles. The molecule has 1 heterocycles. The lowest BCUT2D eigenvalue weighted by atomic mass is 9.96. The summed E-state index contributed by atoms with van der Waals surface area (Å²) in [6, 6.07) is 9.51. The average molecular weight is 251 g/mol. The summed E-state index contributed by atoms with van der Waals surface area (Å²) >= 11 is 0. The Morgan fingerprint density at radius 3 is 2.61 bits per heavy atom. The molecule has 1 saturated heterocycles. The monoisotopic (exact) mass is 251 g/mol. The van der Waals surface area contributed by atoms with Crippen molar-refractivity contribution in [2.75, 3.05) is 26.8 Å². The Hall–Kier alpha value is -1.59. The minimum absolute atomic E-state index is 0.0913. The number of ether oxygens (including phenoxy) is 2. The van der Waals surface area contributed by atoms with Gasteiger partial charge in [0.1, 0.15) is 12.2 Å². The third kappa shape index (κ3) is 2.63. The number of carbonyl (C=O) groups is 1. The van der Waals surface area contributed by atoms with Crippen molar-refractivity contribution in [3.05, 3.63) is 35.9 Å². The van der Waals surface area contributed by atoms with Crippen molar-refractivity contribution in [1.29, 1.82) is 0 Å². The lowest BCUT2D eigenvalue weighted by molar-refractivity contribution is -0.139. The molecule has 0 aromatic heterocycles. The van der Waals surface area contributed by atoms with Gasteiger partial charge in [0.2, 0.25) is 0 Å². The quantitative estimate of drug-likeness (QED) is 0.868. The molecular weight excluding hydrogens is 234 g/mol. The van der Waals surface area contributed by atoms with Crippen molar-refractivity contribution in [2.45, 2.75) is 12.2 Å². The van der Waals surface area contributed by atoms with Crippen molar-refractivity contribution in [3.8, 4) is 0 Å². The molecule has 5 nitrogen and oxygen atoms in total. The van der Waals surface area contributed by atoms with Crippen molar-refractivity contribution >= 4 is 6.09 Å². The fraction of sp³-hybridized carbons (Fsp3) is 0.462. The number of likely N-dealkylation sites (tertiary alicyclic amines) is 1. The Bertz CT molecular complexity index is 395. The molecule has 0 spiro atoms. The summed E-state index contributed by atoms with van der Waals surface area (Å²) in [7, 11) is 1.53. The second-order valence-electron chi connectivity index (χ2n) is 4.44. The van der Waals surface area contributed by atoms with Crippen LogP contribution < -0.4 is 0 Å². The van der Waals surface area contributed by atoms with E-state index >= 15 is 0 Å². The number of benzene rings is 1. The van der Waals surface area contributed by atoms with Gasteiger partial charge < -0.3 is 19.5 Å². The van der Waals surface area contributed by atoms with Gasteiger partial charge >= 0.3 is 6.09 Å². The molecule has 98 valence electrons. The summed E-state index contributed by atoms with van der Waals surface area (Å²) in [4.78, 5) is 13.2. The molecule has 1 N–H and O–H groups in total. The van der Waals surface area contributed by atoms with Crippen LogP contribution in [0.1, 0.15) is 5.56 Å². The highest BCUT2D eigenvalue weighted by Crippen LogP contribution is 2.24. The molecule has 1 aromatic rings. The van der Waals surface area contributed by atoms with Crippen molar-refractivity contribution < 1.29 is 19.4 Å². The zero-order valence-corrected chi connectivity index (χ0v) is 10.3. The minimum atomic E-state index is -0.605. The Morgan fingerprint density at radius 1 is 1.39 bits per heavy atom. The van der Waals surface area contributed by atoms with Gasteiger partial charge in [-0.25, -0.2) is 4.79 Å². The molecule has 2 rings (SSSR count). The van der Waals surface area contributed by atoms with Crippen LogP contribution in [-0.2, 0) is 16.1 Å². The predicted octanol–water partition coefficient (Wildman–Crippen LogP) is 1.02. The Morgan fingerprint density at radius 2 is 2.06 bits per heavy atom. The van der Waals surface area contributed by atoms with E-state index in [4.69, 9.17) is 14.6 Å². The molecule has 0 bridgehead atoms. The van der Waals surface area contributed by atoms with Crippen LogP contribution in [0.25, 0.3) is 0 Å². The first-order valence-electron chi connectivity index (χ1n) is 5.81. The number of carbonyl (C=O) groups excluding carboxylic acids is 1. The van der Waals surface area contributed by atoms with E-state index in [0.29, 0.717) is 13.1 Å². The molecule has 0 radical (unpaired) electrons. The van der Waals surface area contributed by atoms with E-state index in [1.165, 1.54) is 12.0 Å². The third-order valence-corrected chi connectivity index (χ3v) is 3.14. The fourth-order valence-electron chi connectivity index (χ4n) is 1.88. The number of nitrogens with zero attached hydrogens (tertiary/aromatic N) is 1. The van der Waals surface area contributed by atoms with Gasteiger partial charge in [-0.3, -0.25) is 0 Å². The largest absolute Gasteiger partial charge is 0.445 e. The molecular formula is C13H17NO4. The van der Waals surface area contributed by atoms with Gasteiger partial charge in [0.05, 0.1) is 19.7 Å². The fourth-order valence-corrected chi connectivity index (χ4v) is 1.88. The van der Waals surface area contributed by atoms with Gasteiger partial charge in [-0.1, -0.05) is 30.3 Å². The molecule has 1 fully saturated rings. The number of rotatable bonds is 4.